The quantitative estimate of drug-likeness (QED) is 0.756. The maximum Gasteiger partial charge on any atom is 0.307 e. The van der Waals surface area contributed by atoms with Crippen molar-refractivity contribution >= 4 is 5.97 Å². The standard InChI is InChI=1S/C16H18N2O2/c19-16(20)11-14-1-3-15(4-2-14)12-18-10-7-13-5-8-17-9-6-13/h1-6,8-9,18H,7,10-12H2,(H,19,20). The van der Waals surface area contributed by atoms with Crippen LogP contribution < -0.4 is 5.32 Å². The maximum absolute atomic E-state index is 10.6. The number of carbonyl (C=O) groups is 1. The van der Waals surface area contributed by atoms with Crippen molar-refractivity contribution in [1.29, 1.82) is 0 Å². The molecular weight excluding hydrogens is 252 g/mol. The van der Waals surface area contributed by atoms with Gasteiger partial charge in [-0.25, -0.2) is 0 Å². The van der Waals surface area contributed by atoms with Gasteiger partial charge < -0.3 is 10.4 Å². The van der Waals surface area contributed by atoms with E-state index in [2.05, 4.69) is 10.3 Å². The van der Waals surface area contributed by atoms with Crippen LogP contribution in [0, 0.1) is 0 Å². The smallest absolute Gasteiger partial charge is 0.307 e. The molecule has 0 radical (unpaired) electrons. The van der Waals surface area contributed by atoms with Crippen molar-refractivity contribution in [3.63, 3.8) is 0 Å². The number of pyridine rings is 1. The first kappa shape index (κ1) is 14.2. The number of aliphatic carboxylic acids is 1. The van der Waals surface area contributed by atoms with Gasteiger partial charge in [0.05, 0.1) is 6.42 Å². The molecule has 0 spiro atoms. The molecular formula is C16H18N2O2. The van der Waals surface area contributed by atoms with Crippen LogP contribution >= 0.6 is 0 Å². The minimum Gasteiger partial charge on any atom is -0.481 e. The van der Waals surface area contributed by atoms with Gasteiger partial charge >= 0.3 is 5.97 Å². The Morgan fingerprint density at radius 2 is 1.65 bits per heavy atom. The zero-order chi connectivity index (χ0) is 14.2. The van der Waals surface area contributed by atoms with Crippen LogP contribution in [-0.2, 0) is 24.2 Å². The lowest BCUT2D eigenvalue weighted by Gasteiger charge is -2.06. The Bertz CT molecular complexity index is 538. The molecule has 0 amide bonds. The second-order valence-corrected chi connectivity index (χ2v) is 4.67. The zero-order valence-corrected chi connectivity index (χ0v) is 11.2. The SMILES string of the molecule is O=C(O)Cc1ccc(CNCCc2ccncc2)cc1. The number of hydrogen-bond acceptors (Lipinski definition) is 3. The number of rotatable bonds is 7. The van der Waals surface area contributed by atoms with Gasteiger partial charge in [0.2, 0.25) is 0 Å². The summed E-state index contributed by atoms with van der Waals surface area (Å²) in [6, 6.07) is 11.7. The van der Waals surface area contributed by atoms with E-state index in [1.165, 1.54) is 5.56 Å². The van der Waals surface area contributed by atoms with Gasteiger partial charge in [0.25, 0.3) is 0 Å². The lowest BCUT2D eigenvalue weighted by atomic mass is 10.1. The van der Waals surface area contributed by atoms with Crippen molar-refractivity contribution in [2.45, 2.75) is 19.4 Å². The van der Waals surface area contributed by atoms with E-state index in [1.807, 2.05) is 36.4 Å². The van der Waals surface area contributed by atoms with Gasteiger partial charge in [-0.05, 0) is 41.8 Å². The first-order chi connectivity index (χ1) is 9.74. The molecule has 0 unspecified atom stereocenters. The summed E-state index contributed by atoms with van der Waals surface area (Å²) in [5.41, 5.74) is 3.26. The zero-order valence-electron chi connectivity index (χ0n) is 11.2. The number of hydrogen-bond donors (Lipinski definition) is 2. The molecule has 104 valence electrons. The van der Waals surface area contributed by atoms with Gasteiger partial charge in [-0.2, -0.15) is 0 Å². The number of nitrogens with zero attached hydrogens (tertiary/aromatic N) is 1. The molecule has 20 heavy (non-hydrogen) atoms. The summed E-state index contributed by atoms with van der Waals surface area (Å²) in [6.45, 7) is 1.69. The van der Waals surface area contributed by atoms with E-state index < -0.39 is 5.97 Å². The second-order valence-electron chi connectivity index (χ2n) is 4.67. The predicted octanol–water partition coefficient (Wildman–Crippen LogP) is 2.04. The largest absolute Gasteiger partial charge is 0.481 e. The summed E-state index contributed by atoms with van der Waals surface area (Å²) in [5, 5.41) is 12.1. The fraction of sp³-hybridized carbons (Fsp3) is 0.250. The van der Waals surface area contributed by atoms with Crippen molar-refractivity contribution in [3.8, 4) is 0 Å². The van der Waals surface area contributed by atoms with E-state index in [0.717, 1.165) is 30.6 Å². The van der Waals surface area contributed by atoms with Crippen LogP contribution in [0.5, 0.6) is 0 Å². The monoisotopic (exact) mass is 270 g/mol. The molecule has 1 aromatic carbocycles. The summed E-state index contributed by atoms with van der Waals surface area (Å²) in [6.07, 6.45) is 4.66. The Kier molecular flexibility index (Phi) is 5.26. The fourth-order valence-corrected chi connectivity index (χ4v) is 1.96. The maximum atomic E-state index is 10.6. The molecule has 0 saturated heterocycles. The molecule has 0 bridgehead atoms. The van der Waals surface area contributed by atoms with Crippen molar-refractivity contribution in [1.82, 2.24) is 10.3 Å². The number of carboxylic acids is 1. The van der Waals surface area contributed by atoms with Crippen LogP contribution in [0.25, 0.3) is 0 Å². The Balaban J connectivity index is 1.73. The van der Waals surface area contributed by atoms with Gasteiger partial charge in [-0.15, -0.1) is 0 Å². The van der Waals surface area contributed by atoms with Crippen LogP contribution in [0.4, 0.5) is 0 Å². The first-order valence-corrected chi connectivity index (χ1v) is 6.63. The molecule has 1 heterocycles. The topological polar surface area (TPSA) is 62.2 Å². The van der Waals surface area contributed by atoms with E-state index in [9.17, 15) is 4.79 Å². The highest BCUT2D eigenvalue weighted by atomic mass is 16.4. The number of aromatic nitrogens is 1. The number of benzene rings is 1. The van der Waals surface area contributed by atoms with Crippen LogP contribution in [-0.4, -0.2) is 22.6 Å². The lowest BCUT2D eigenvalue weighted by molar-refractivity contribution is -0.136. The summed E-state index contributed by atoms with van der Waals surface area (Å²) >= 11 is 0. The highest BCUT2D eigenvalue weighted by Crippen LogP contribution is 2.05. The van der Waals surface area contributed by atoms with Crippen LogP contribution in [0.2, 0.25) is 0 Å². The summed E-state index contributed by atoms with van der Waals surface area (Å²) in [7, 11) is 0. The van der Waals surface area contributed by atoms with Crippen LogP contribution in [0.3, 0.4) is 0 Å². The van der Waals surface area contributed by atoms with E-state index in [-0.39, 0.29) is 6.42 Å². The minimum atomic E-state index is -0.798. The Labute approximate surface area is 118 Å². The molecule has 4 nitrogen and oxygen atoms in total. The summed E-state index contributed by atoms with van der Waals surface area (Å²) < 4.78 is 0. The molecule has 2 rings (SSSR count). The second kappa shape index (κ2) is 7.40. The van der Waals surface area contributed by atoms with Gasteiger partial charge in [0.15, 0.2) is 0 Å². The van der Waals surface area contributed by atoms with Crippen molar-refractivity contribution < 1.29 is 9.90 Å². The molecule has 2 N–H and O–H groups in total. The highest BCUT2D eigenvalue weighted by Gasteiger charge is 2.00. The molecule has 0 aliphatic carbocycles. The Hall–Kier alpha value is -2.20. The molecule has 0 aliphatic rings. The first-order valence-electron chi connectivity index (χ1n) is 6.63. The van der Waals surface area contributed by atoms with Crippen LogP contribution in [0.1, 0.15) is 16.7 Å². The number of nitrogens with one attached hydrogen (secondary N) is 1. The molecule has 0 fully saturated rings. The Morgan fingerprint density at radius 1 is 1.00 bits per heavy atom. The fourth-order valence-electron chi connectivity index (χ4n) is 1.96. The minimum absolute atomic E-state index is 0.0791. The van der Waals surface area contributed by atoms with Gasteiger partial charge in [0.1, 0.15) is 0 Å². The van der Waals surface area contributed by atoms with E-state index in [4.69, 9.17) is 5.11 Å². The molecule has 2 aromatic rings. The van der Waals surface area contributed by atoms with E-state index in [0.29, 0.717) is 0 Å². The van der Waals surface area contributed by atoms with Crippen molar-refractivity contribution in [3.05, 3.63) is 65.5 Å². The lowest BCUT2D eigenvalue weighted by Crippen LogP contribution is -2.16. The number of carboxylic acid groups (broad SMARTS) is 1. The third kappa shape index (κ3) is 4.82. The summed E-state index contributed by atoms with van der Waals surface area (Å²) in [5.74, 6) is -0.798. The average Bonchev–Trinajstić information content (AvgIpc) is 2.46. The third-order valence-electron chi connectivity index (χ3n) is 3.05. The molecule has 0 aliphatic heterocycles. The normalized spacial score (nSPS) is 10.4. The van der Waals surface area contributed by atoms with Gasteiger partial charge in [-0.1, -0.05) is 24.3 Å². The van der Waals surface area contributed by atoms with E-state index in [1.54, 1.807) is 12.4 Å². The Morgan fingerprint density at radius 3 is 2.30 bits per heavy atom. The van der Waals surface area contributed by atoms with Crippen molar-refractivity contribution in [2.75, 3.05) is 6.54 Å². The third-order valence-corrected chi connectivity index (χ3v) is 3.05. The predicted molar refractivity (Wildman–Crippen MR) is 77.4 cm³/mol. The highest BCUT2D eigenvalue weighted by molar-refractivity contribution is 5.70. The summed E-state index contributed by atoms with van der Waals surface area (Å²) in [4.78, 5) is 14.6. The van der Waals surface area contributed by atoms with E-state index >= 15 is 0 Å². The molecule has 4 heteroatoms. The molecule has 1 aromatic heterocycles. The van der Waals surface area contributed by atoms with Gasteiger partial charge in [0, 0.05) is 18.9 Å². The average molecular weight is 270 g/mol. The molecule has 0 saturated carbocycles. The van der Waals surface area contributed by atoms with Crippen molar-refractivity contribution in [2.24, 2.45) is 0 Å². The van der Waals surface area contributed by atoms with Crippen LogP contribution in [0.15, 0.2) is 48.8 Å². The molecule has 0 atom stereocenters. The van der Waals surface area contributed by atoms with Gasteiger partial charge in [-0.3, -0.25) is 9.78 Å².